The second-order valence-corrected chi connectivity index (χ2v) is 6.00. The first-order valence-electron chi connectivity index (χ1n) is 6.08. The lowest BCUT2D eigenvalue weighted by Crippen LogP contribution is -2.61. The Bertz CT molecular complexity index is 341. The summed E-state index contributed by atoms with van der Waals surface area (Å²) < 4.78 is 0. The summed E-state index contributed by atoms with van der Waals surface area (Å²) in [7, 11) is 0. The van der Waals surface area contributed by atoms with E-state index in [9.17, 15) is 14.7 Å². The van der Waals surface area contributed by atoms with Crippen molar-refractivity contribution in [2.45, 2.75) is 39.2 Å². The number of amides is 2. The van der Waals surface area contributed by atoms with E-state index in [-0.39, 0.29) is 17.2 Å². The molecule has 0 radical (unpaired) electrons. The van der Waals surface area contributed by atoms with Gasteiger partial charge in [-0.25, -0.2) is 4.79 Å². The molecular weight excluding hydrogens is 256 g/mol. The van der Waals surface area contributed by atoms with Gasteiger partial charge in [0.15, 0.2) is 0 Å². The van der Waals surface area contributed by atoms with Gasteiger partial charge in [0.25, 0.3) is 0 Å². The first kappa shape index (κ1) is 15.1. The Labute approximate surface area is 112 Å². The summed E-state index contributed by atoms with van der Waals surface area (Å²) in [6.45, 7) is 6.83. The predicted molar refractivity (Wildman–Crippen MR) is 69.9 cm³/mol. The zero-order chi connectivity index (χ0) is 14.0. The first-order valence-corrected chi connectivity index (χ1v) is 6.61. The number of rotatable bonds is 3. The molecule has 0 unspecified atom stereocenters. The molecular formula is C12H21ClN2O3. The molecule has 2 amide bonds. The molecule has 1 atom stereocenters. The average Bonchev–Trinajstić information content (AvgIpc) is 2.70. The van der Waals surface area contributed by atoms with Gasteiger partial charge in [-0.2, -0.15) is 0 Å². The second kappa shape index (κ2) is 5.34. The molecule has 1 heterocycles. The molecule has 0 aromatic carbocycles. The Morgan fingerprint density at radius 3 is 2.50 bits per heavy atom. The van der Waals surface area contributed by atoms with Crippen LogP contribution in [0.3, 0.4) is 0 Å². The minimum absolute atomic E-state index is 0.104. The van der Waals surface area contributed by atoms with Gasteiger partial charge in [-0.1, -0.05) is 20.8 Å². The standard InChI is InChI=1S/C12H21ClN2O3/c1-11(2,3)12(8-14-9(16)7-13)5-4-6-15(12)10(17)18/h4-8H2,1-3H3,(H,14,16)(H,17,18)/t12-/m0/s1. The largest absolute Gasteiger partial charge is 0.465 e. The highest BCUT2D eigenvalue weighted by molar-refractivity contribution is 6.27. The number of hydrogen-bond donors (Lipinski definition) is 2. The number of nitrogens with zero attached hydrogens (tertiary/aromatic N) is 1. The van der Waals surface area contributed by atoms with Crippen molar-refractivity contribution in [2.75, 3.05) is 19.0 Å². The summed E-state index contributed by atoms with van der Waals surface area (Å²) in [6.07, 6.45) is 0.647. The molecule has 6 heteroatoms. The fourth-order valence-corrected chi connectivity index (χ4v) is 2.77. The van der Waals surface area contributed by atoms with Crippen LogP contribution in [0.15, 0.2) is 0 Å². The van der Waals surface area contributed by atoms with Crippen LogP contribution in [-0.4, -0.2) is 46.5 Å². The van der Waals surface area contributed by atoms with Crippen molar-refractivity contribution in [3.63, 3.8) is 0 Å². The van der Waals surface area contributed by atoms with Gasteiger partial charge in [0.1, 0.15) is 5.88 Å². The summed E-state index contributed by atoms with van der Waals surface area (Å²) in [5.74, 6) is -0.370. The molecule has 0 spiro atoms. The van der Waals surface area contributed by atoms with Gasteiger partial charge >= 0.3 is 6.09 Å². The van der Waals surface area contributed by atoms with Crippen molar-refractivity contribution in [3.05, 3.63) is 0 Å². The molecule has 0 aromatic heterocycles. The first-order chi connectivity index (χ1) is 8.24. The molecule has 0 aromatic rings. The monoisotopic (exact) mass is 276 g/mol. The molecule has 1 aliphatic heterocycles. The summed E-state index contributed by atoms with van der Waals surface area (Å²) in [5, 5.41) is 12.1. The smallest absolute Gasteiger partial charge is 0.407 e. The second-order valence-electron chi connectivity index (χ2n) is 5.73. The zero-order valence-electron chi connectivity index (χ0n) is 11.1. The van der Waals surface area contributed by atoms with E-state index < -0.39 is 11.6 Å². The number of carboxylic acid groups (broad SMARTS) is 1. The summed E-state index contributed by atoms with van der Waals surface area (Å²) in [5.41, 5.74) is -0.804. The molecule has 0 saturated carbocycles. The maximum atomic E-state index is 11.4. The fraction of sp³-hybridized carbons (Fsp3) is 0.833. The van der Waals surface area contributed by atoms with Crippen molar-refractivity contribution in [1.82, 2.24) is 10.2 Å². The predicted octanol–water partition coefficient (Wildman–Crippen LogP) is 1.90. The average molecular weight is 277 g/mol. The van der Waals surface area contributed by atoms with E-state index in [1.165, 1.54) is 4.90 Å². The molecule has 5 nitrogen and oxygen atoms in total. The van der Waals surface area contributed by atoms with Gasteiger partial charge in [0.2, 0.25) is 5.91 Å². The van der Waals surface area contributed by atoms with E-state index >= 15 is 0 Å². The van der Waals surface area contributed by atoms with Crippen LogP contribution in [0, 0.1) is 5.41 Å². The third-order valence-corrected chi connectivity index (χ3v) is 4.06. The highest BCUT2D eigenvalue weighted by Gasteiger charge is 2.51. The Balaban J connectivity index is 2.96. The summed E-state index contributed by atoms with van der Waals surface area (Å²) >= 11 is 5.45. The Hall–Kier alpha value is -0.970. The minimum atomic E-state index is -0.928. The van der Waals surface area contributed by atoms with Gasteiger partial charge < -0.3 is 15.3 Å². The quantitative estimate of drug-likeness (QED) is 0.774. The number of carbonyl (C=O) groups excluding carboxylic acids is 1. The van der Waals surface area contributed by atoms with Gasteiger partial charge in [-0.3, -0.25) is 4.79 Å². The number of nitrogens with one attached hydrogen (secondary N) is 1. The van der Waals surface area contributed by atoms with E-state index in [0.29, 0.717) is 13.1 Å². The van der Waals surface area contributed by atoms with Crippen LogP contribution in [0.2, 0.25) is 0 Å². The van der Waals surface area contributed by atoms with Crippen LogP contribution in [0.5, 0.6) is 0 Å². The van der Waals surface area contributed by atoms with E-state index in [1.807, 2.05) is 20.8 Å². The molecule has 1 fully saturated rings. The van der Waals surface area contributed by atoms with Crippen molar-refractivity contribution < 1.29 is 14.7 Å². The van der Waals surface area contributed by atoms with Gasteiger partial charge in [0, 0.05) is 13.1 Å². The van der Waals surface area contributed by atoms with Crippen molar-refractivity contribution in [2.24, 2.45) is 5.41 Å². The van der Waals surface area contributed by atoms with Crippen molar-refractivity contribution in [1.29, 1.82) is 0 Å². The third kappa shape index (κ3) is 2.71. The third-order valence-electron chi connectivity index (χ3n) is 3.82. The normalized spacial score (nSPS) is 24.1. The number of likely N-dealkylation sites (tertiary alicyclic amines) is 1. The Morgan fingerprint density at radius 2 is 2.06 bits per heavy atom. The van der Waals surface area contributed by atoms with Crippen LogP contribution < -0.4 is 5.32 Å². The molecule has 0 aliphatic carbocycles. The number of alkyl halides is 1. The number of carbonyl (C=O) groups is 2. The molecule has 1 aliphatic rings. The van der Waals surface area contributed by atoms with Gasteiger partial charge in [-0.15, -0.1) is 11.6 Å². The van der Waals surface area contributed by atoms with E-state index in [1.54, 1.807) is 0 Å². The van der Waals surface area contributed by atoms with Crippen molar-refractivity contribution >= 4 is 23.6 Å². The van der Waals surface area contributed by atoms with E-state index in [4.69, 9.17) is 11.6 Å². The summed E-state index contributed by atoms with van der Waals surface area (Å²) in [4.78, 5) is 24.1. The number of halogens is 1. The molecule has 0 bridgehead atoms. The minimum Gasteiger partial charge on any atom is -0.465 e. The lowest BCUT2D eigenvalue weighted by molar-refractivity contribution is -0.119. The van der Waals surface area contributed by atoms with E-state index in [2.05, 4.69) is 5.32 Å². The highest BCUT2D eigenvalue weighted by Crippen LogP contribution is 2.43. The maximum absolute atomic E-state index is 11.4. The molecule has 104 valence electrons. The fourth-order valence-electron chi connectivity index (χ4n) is 2.68. The van der Waals surface area contributed by atoms with E-state index in [0.717, 1.165) is 12.8 Å². The highest BCUT2D eigenvalue weighted by atomic mass is 35.5. The maximum Gasteiger partial charge on any atom is 0.407 e. The van der Waals surface area contributed by atoms with Crippen LogP contribution in [-0.2, 0) is 4.79 Å². The van der Waals surface area contributed by atoms with Crippen LogP contribution >= 0.6 is 11.6 Å². The zero-order valence-corrected chi connectivity index (χ0v) is 11.9. The van der Waals surface area contributed by atoms with Gasteiger partial charge in [-0.05, 0) is 18.3 Å². The topological polar surface area (TPSA) is 69.6 Å². The number of hydrogen-bond acceptors (Lipinski definition) is 2. The van der Waals surface area contributed by atoms with Crippen LogP contribution in [0.4, 0.5) is 4.79 Å². The molecule has 1 saturated heterocycles. The lowest BCUT2D eigenvalue weighted by atomic mass is 9.71. The molecule has 1 rings (SSSR count). The summed E-state index contributed by atoms with van der Waals surface area (Å²) in [6, 6.07) is 0. The Kier molecular flexibility index (Phi) is 4.48. The SMILES string of the molecule is CC(C)(C)[C@@]1(CNC(=O)CCl)CCCN1C(=O)O. The van der Waals surface area contributed by atoms with Crippen molar-refractivity contribution in [3.8, 4) is 0 Å². The lowest BCUT2D eigenvalue weighted by Gasteiger charge is -2.47. The van der Waals surface area contributed by atoms with Crippen LogP contribution in [0.25, 0.3) is 0 Å². The van der Waals surface area contributed by atoms with Gasteiger partial charge in [0.05, 0.1) is 5.54 Å². The Morgan fingerprint density at radius 1 is 1.44 bits per heavy atom. The molecule has 18 heavy (non-hydrogen) atoms. The molecule has 2 N–H and O–H groups in total. The van der Waals surface area contributed by atoms with Crippen LogP contribution in [0.1, 0.15) is 33.6 Å².